The lowest BCUT2D eigenvalue weighted by atomic mass is 10.0. The van der Waals surface area contributed by atoms with Crippen molar-refractivity contribution in [3.63, 3.8) is 0 Å². The van der Waals surface area contributed by atoms with Crippen LogP contribution in [-0.4, -0.2) is 19.0 Å². The van der Waals surface area contributed by atoms with Crippen molar-refractivity contribution in [2.75, 3.05) is 4.90 Å². The summed E-state index contributed by atoms with van der Waals surface area (Å²) >= 11 is 0. The van der Waals surface area contributed by atoms with Gasteiger partial charge in [0, 0.05) is 12.0 Å². The molecule has 0 spiro atoms. The highest BCUT2D eigenvalue weighted by Gasteiger charge is 2.31. The molecule has 3 rings (SSSR count). The van der Waals surface area contributed by atoms with Crippen LogP contribution in [0.15, 0.2) is 48.5 Å². The zero-order valence-corrected chi connectivity index (χ0v) is 12.7. The van der Waals surface area contributed by atoms with Crippen LogP contribution in [0.2, 0.25) is 0 Å². The molecule has 8 heteroatoms. The summed E-state index contributed by atoms with van der Waals surface area (Å²) in [5.74, 6) is 0. The number of amides is 2. The summed E-state index contributed by atoms with van der Waals surface area (Å²) in [6, 6.07) is 12.9. The molecule has 23 heavy (non-hydrogen) atoms. The molecule has 1 aliphatic heterocycles. The van der Waals surface area contributed by atoms with Crippen LogP contribution < -0.4 is 10.6 Å². The van der Waals surface area contributed by atoms with Crippen molar-refractivity contribution in [2.24, 2.45) is 5.73 Å². The zero-order chi connectivity index (χ0) is 16.6. The van der Waals surface area contributed by atoms with E-state index >= 15 is 0 Å². The van der Waals surface area contributed by atoms with E-state index in [-0.39, 0.29) is 6.42 Å². The van der Waals surface area contributed by atoms with Gasteiger partial charge in [-0.2, -0.15) is 8.42 Å². The highest BCUT2D eigenvalue weighted by molar-refractivity contribution is 7.80. The number of hydrogen-bond donors (Lipinski definition) is 2. The molecule has 3 N–H and O–H groups in total. The first-order valence-electron chi connectivity index (χ1n) is 6.79. The fourth-order valence-corrected chi connectivity index (χ4v) is 3.24. The fourth-order valence-electron chi connectivity index (χ4n) is 2.77. The number of nitrogens with zero attached hydrogens (tertiary/aromatic N) is 1. The number of urea groups is 1. The molecule has 1 atom stereocenters. The normalized spacial score (nSPS) is 17.1. The molecule has 0 aliphatic carbocycles. The van der Waals surface area contributed by atoms with E-state index in [1.165, 1.54) is 4.90 Å². The number of anilines is 2. The van der Waals surface area contributed by atoms with Crippen LogP contribution in [0, 0.1) is 0 Å². The molecular weight excluding hydrogens is 320 g/mol. The van der Waals surface area contributed by atoms with E-state index in [9.17, 15) is 13.2 Å². The molecule has 2 amide bonds. The van der Waals surface area contributed by atoms with Gasteiger partial charge in [0.1, 0.15) is 6.10 Å². The van der Waals surface area contributed by atoms with Crippen LogP contribution in [0.25, 0.3) is 0 Å². The molecule has 2 aromatic rings. The Bertz CT molecular complexity index is 866. The van der Waals surface area contributed by atoms with Crippen LogP contribution in [0.5, 0.6) is 0 Å². The molecule has 7 nitrogen and oxygen atoms in total. The number of benzene rings is 2. The number of primary amides is 1. The molecular formula is C15H14N2O5S. The zero-order valence-electron chi connectivity index (χ0n) is 11.9. The van der Waals surface area contributed by atoms with E-state index in [0.29, 0.717) is 22.5 Å². The molecule has 1 heterocycles. The molecule has 1 aliphatic rings. The summed E-state index contributed by atoms with van der Waals surface area (Å²) in [5, 5.41) is 0. The average molecular weight is 334 g/mol. The Labute approximate surface area is 133 Å². The third kappa shape index (κ3) is 3.04. The summed E-state index contributed by atoms with van der Waals surface area (Å²) in [4.78, 5) is 13.3. The second-order valence-corrected chi connectivity index (χ2v) is 6.13. The van der Waals surface area contributed by atoms with Gasteiger partial charge in [-0.1, -0.05) is 36.4 Å². The van der Waals surface area contributed by atoms with Gasteiger partial charge in [0.2, 0.25) is 0 Å². The first-order chi connectivity index (χ1) is 10.9. The maximum atomic E-state index is 12.0. The number of carbonyl (C=O) groups is 1. The number of hydrogen-bond acceptors (Lipinski definition) is 4. The lowest BCUT2D eigenvalue weighted by Crippen LogP contribution is -2.32. The first-order valence-corrected chi connectivity index (χ1v) is 8.15. The number of para-hydroxylation sites is 2. The minimum atomic E-state index is -4.66. The van der Waals surface area contributed by atoms with Gasteiger partial charge in [-0.15, -0.1) is 0 Å². The smallest absolute Gasteiger partial charge is 0.351 e. The predicted octanol–water partition coefficient (Wildman–Crippen LogP) is 2.32. The Morgan fingerprint density at radius 2 is 1.74 bits per heavy atom. The van der Waals surface area contributed by atoms with E-state index in [1.807, 2.05) is 0 Å². The van der Waals surface area contributed by atoms with E-state index in [2.05, 4.69) is 0 Å². The fraction of sp³-hybridized carbons (Fsp3) is 0.133. The van der Waals surface area contributed by atoms with Crippen molar-refractivity contribution >= 4 is 27.8 Å². The summed E-state index contributed by atoms with van der Waals surface area (Å²) < 4.78 is 36.2. The standard InChI is InChI=1S/C15H14N2O5S/c16-15(18)17-12-7-3-1-5-10(12)9-14(22-23(19,20)21)11-6-2-4-8-13(11)17/h1-8,14H,9H2,(H2,16,18)(H,19,20,21). The Balaban J connectivity index is 2.24. The van der Waals surface area contributed by atoms with Gasteiger partial charge in [0.15, 0.2) is 0 Å². The summed E-state index contributed by atoms with van der Waals surface area (Å²) in [6.45, 7) is 0. The molecule has 0 aromatic heterocycles. The van der Waals surface area contributed by atoms with E-state index in [1.54, 1.807) is 48.5 Å². The minimum absolute atomic E-state index is 0.163. The maximum Gasteiger partial charge on any atom is 0.397 e. The van der Waals surface area contributed by atoms with Crippen molar-refractivity contribution in [1.29, 1.82) is 0 Å². The Kier molecular flexibility index (Phi) is 3.80. The number of rotatable bonds is 2. The average Bonchev–Trinajstić information content (AvgIpc) is 2.60. The molecule has 0 fully saturated rings. The maximum absolute atomic E-state index is 12.0. The molecule has 1 unspecified atom stereocenters. The van der Waals surface area contributed by atoms with E-state index in [4.69, 9.17) is 14.5 Å². The molecule has 2 aromatic carbocycles. The topological polar surface area (TPSA) is 110 Å². The van der Waals surface area contributed by atoms with Crippen molar-refractivity contribution in [1.82, 2.24) is 0 Å². The van der Waals surface area contributed by atoms with Gasteiger partial charge in [0.05, 0.1) is 11.4 Å². The second-order valence-electron chi connectivity index (χ2n) is 5.08. The largest absolute Gasteiger partial charge is 0.397 e. The highest BCUT2D eigenvalue weighted by atomic mass is 32.3. The van der Waals surface area contributed by atoms with Crippen LogP contribution in [0.3, 0.4) is 0 Å². The monoisotopic (exact) mass is 334 g/mol. The predicted molar refractivity (Wildman–Crippen MR) is 83.7 cm³/mol. The molecule has 120 valence electrons. The van der Waals surface area contributed by atoms with Crippen molar-refractivity contribution < 1.29 is 21.9 Å². The Hall–Kier alpha value is -2.42. The Morgan fingerprint density at radius 1 is 1.13 bits per heavy atom. The van der Waals surface area contributed by atoms with Gasteiger partial charge < -0.3 is 5.73 Å². The number of nitrogens with two attached hydrogens (primary N) is 1. The minimum Gasteiger partial charge on any atom is -0.351 e. The van der Waals surface area contributed by atoms with Crippen LogP contribution >= 0.6 is 0 Å². The van der Waals surface area contributed by atoms with Gasteiger partial charge in [-0.25, -0.2) is 8.98 Å². The molecule has 0 bridgehead atoms. The summed E-state index contributed by atoms with van der Waals surface area (Å²) in [6.07, 6.45) is -0.803. The van der Waals surface area contributed by atoms with Crippen LogP contribution in [0.1, 0.15) is 17.2 Å². The van der Waals surface area contributed by atoms with Crippen molar-refractivity contribution in [2.45, 2.75) is 12.5 Å². The van der Waals surface area contributed by atoms with Crippen molar-refractivity contribution in [3.05, 3.63) is 59.7 Å². The van der Waals surface area contributed by atoms with Crippen molar-refractivity contribution in [3.8, 4) is 0 Å². The van der Waals surface area contributed by atoms with Gasteiger partial charge in [-0.3, -0.25) is 9.45 Å². The Morgan fingerprint density at radius 3 is 2.39 bits per heavy atom. The van der Waals surface area contributed by atoms with Gasteiger partial charge in [0.25, 0.3) is 0 Å². The molecule has 0 radical (unpaired) electrons. The van der Waals surface area contributed by atoms with Crippen LogP contribution in [-0.2, 0) is 21.0 Å². The van der Waals surface area contributed by atoms with Gasteiger partial charge in [-0.05, 0) is 17.7 Å². The van der Waals surface area contributed by atoms with E-state index in [0.717, 1.165) is 0 Å². The first kappa shape index (κ1) is 15.5. The second kappa shape index (κ2) is 5.65. The number of carbonyl (C=O) groups excluding carboxylic acids is 1. The lowest BCUT2D eigenvalue weighted by Gasteiger charge is -2.23. The van der Waals surface area contributed by atoms with Gasteiger partial charge >= 0.3 is 16.4 Å². The number of fused-ring (bicyclic) bond motifs is 2. The summed E-state index contributed by atoms with van der Waals surface area (Å²) in [5.41, 5.74) is 7.60. The van der Waals surface area contributed by atoms with E-state index < -0.39 is 22.5 Å². The SMILES string of the molecule is NC(=O)N1c2ccccc2CC(OS(=O)(=O)O)c2ccccc21. The molecule has 0 saturated carbocycles. The lowest BCUT2D eigenvalue weighted by molar-refractivity contribution is 0.185. The third-order valence-corrected chi connectivity index (χ3v) is 4.10. The summed E-state index contributed by atoms with van der Waals surface area (Å²) in [7, 11) is -4.66. The molecule has 0 saturated heterocycles. The third-order valence-electron chi connectivity index (χ3n) is 3.62. The quantitative estimate of drug-likeness (QED) is 0.819. The van der Waals surface area contributed by atoms with Crippen LogP contribution in [0.4, 0.5) is 16.2 Å². The highest BCUT2D eigenvalue weighted by Crippen LogP contribution is 2.41.